The topological polar surface area (TPSA) is 24.4 Å². The van der Waals surface area contributed by atoms with E-state index in [2.05, 4.69) is 92.8 Å². The molecule has 1 aromatic rings. The van der Waals surface area contributed by atoms with E-state index in [4.69, 9.17) is 4.66 Å². The van der Waals surface area contributed by atoms with Crippen molar-refractivity contribution in [3.05, 3.63) is 59.7 Å². The number of amidine groups is 1. The van der Waals surface area contributed by atoms with Crippen LogP contribution in [0, 0.1) is 0 Å². The van der Waals surface area contributed by atoms with E-state index in [1.165, 1.54) is 11.1 Å². The molecule has 1 aliphatic rings. The van der Waals surface area contributed by atoms with Crippen LogP contribution in [0.4, 0.5) is 0 Å². The molecule has 0 atom stereocenters. The van der Waals surface area contributed by atoms with Gasteiger partial charge >= 0.3 is 25.8 Å². The molecule has 0 heterocycles. The van der Waals surface area contributed by atoms with Gasteiger partial charge in [0.15, 0.2) is 8.24 Å². The van der Waals surface area contributed by atoms with Gasteiger partial charge < -0.3 is 43.6 Å². The quantitative estimate of drug-likeness (QED) is 0.247. The van der Waals surface area contributed by atoms with Crippen molar-refractivity contribution in [2.75, 3.05) is 0 Å². The average molecular weight is 667 g/mol. The third-order valence-electron chi connectivity index (χ3n) is 3.26. The minimum absolute atomic E-state index is 0. The molecular formula is C18H28Br2HfN2Si2. The second-order valence-electron chi connectivity index (χ2n) is 7.89. The molecule has 0 spiro atoms. The molecular weight excluding hydrogens is 639 g/mol. The van der Waals surface area contributed by atoms with Crippen LogP contribution in [0.5, 0.6) is 0 Å². The summed E-state index contributed by atoms with van der Waals surface area (Å²) >= 11 is 0. The van der Waals surface area contributed by atoms with Crippen molar-refractivity contribution < 1.29 is 59.8 Å². The molecule has 25 heavy (non-hydrogen) atoms. The van der Waals surface area contributed by atoms with Gasteiger partial charge in [-0.1, -0.05) is 68.2 Å². The van der Waals surface area contributed by atoms with Crippen molar-refractivity contribution in [3.8, 4) is 0 Å². The second kappa shape index (κ2) is 11.3. The van der Waals surface area contributed by atoms with Crippen molar-refractivity contribution in [1.82, 2.24) is 4.98 Å². The van der Waals surface area contributed by atoms with Gasteiger partial charge in [0, 0.05) is 11.5 Å². The number of nitrogens with zero attached hydrogens (tertiary/aromatic N) is 1. The molecule has 2 rings (SSSR count). The monoisotopic (exact) mass is 666 g/mol. The maximum Gasteiger partial charge on any atom is 2.00 e. The summed E-state index contributed by atoms with van der Waals surface area (Å²) in [6, 6.07) is 8.68. The molecule has 0 radical (unpaired) electrons. The molecule has 0 saturated carbocycles. The molecule has 2 nitrogen and oxygen atoms in total. The Labute approximate surface area is 195 Å². The van der Waals surface area contributed by atoms with Crippen LogP contribution in [0.1, 0.15) is 17.0 Å². The number of hydrogen-bond acceptors (Lipinski definition) is 1. The van der Waals surface area contributed by atoms with Crippen LogP contribution in [0.25, 0.3) is 0 Å². The van der Waals surface area contributed by atoms with Crippen molar-refractivity contribution in [2.24, 2.45) is 4.66 Å². The number of hydrogen-bond donors (Lipinski definition) is 1. The van der Waals surface area contributed by atoms with Crippen molar-refractivity contribution in [2.45, 2.75) is 45.2 Å². The molecule has 0 bridgehead atoms. The fourth-order valence-electron chi connectivity index (χ4n) is 2.49. The SMILES string of the molecule is C[Si](C)(C)N=C(N[Si](C)(C)C)c1ccccc1C1C=CC=C1.[Br-].[Br-].[Hf+2]. The Bertz CT molecular complexity index is 621. The molecule has 0 amide bonds. The van der Waals surface area contributed by atoms with E-state index in [1.54, 1.807) is 0 Å². The zero-order chi connectivity index (χ0) is 16.4. The number of benzene rings is 1. The zero-order valence-corrected chi connectivity index (χ0v) is 24.7. The molecule has 7 heteroatoms. The summed E-state index contributed by atoms with van der Waals surface area (Å²) in [7, 11) is -3.01. The van der Waals surface area contributed by atoms with Crippen LogP contribution in [0.2, 0.25) is 39.3 Å². The molecule has 1 N–H and O–H groups in total. The van der Waals surface area contributed by atoms with Gasteiger partial charge in [0.05, 0.1) is 0 Å². The average Bonchev–Trinajstić information content (AvgIpc) is 2.88. The number of nitrogens with one attached hydrogen (secondary N) is 1. The van der Waals surface area contributed by atoms with Gasteiger partial charge in [-0.2, -0.15) is 0 Å². The summed E-state index contributed by atoms with van der Waals surface area (Å²) in [4.78, 5) is 3.77. The first kappa shape index (κ1) is 27.7. The van der Waals surface area contributed by atoms with Crippen LogP contribution < -0.4 is 38.9 Å². The summed E-state index contributed by atoms with van der Waals surface area (Å²) in [6.45, 7) is 13.8. The Morgan fingerprint density at radius 1 is 0.920 bits per heavy atom. The van der Waals surface area contributed by atoms with E-state index < -0.39 is 16.5 Å². The fourth-order valence-corrected chi connectivity index (χ4v) is 4.35. The third-order valence-corrected chi connectivity index (χ3v) is 5.14. The maximum atomic E-state index is 5.13. The van der Waals surface area contributed by atoms with E-state index in [-0.39, 0.29) is 59.8 Å². The predicted octanol–water partition coefficient (Wildman–Crippen LogP) is -1.09. The molecule has 136 valence electrons. The first-order valence-corrected chi connectivity index (χ1v) is 14.9. The smallest absolute Gasteiger partial charge is 1.00 e. The Kier molecular flexibility index (Phi) is 12.5. The minimum Gasteiger partial charge on any atom is -1.00 e. The Hall–Kier alpha value is 0.434. The molecule has 1 aliphatic carbocycles. The van der Waals surface area contributed by atoms with Gasteiger partial charge in [-0.3, -0.25) is 0 Å². The predicted molar refractivity (Wildman–Crippen MR) is 104 cm³/mol. The second-order valence-corrected chi connectivity index (χ2v) is 17.2. The van der Waals surface area contributed by atoms with E-state index in [1.807, 2.05) is 0 Å². The first-order valence-electron chi connectivity index (χ1n) is 7.98. The van der Waals surface area contributed by atoms with Crippen molar-refractivity contribution >= 4 is 22.3 Å². The Balaban J connectivity index is 0. The van der Waals surface area contributed by atoms with Gasteiger partial charge in [0.1, 0.15) is 14.1 Å². The summed E-state index contributed by atoms with van der Waals surface area (Å²) in [5, 5.41) is 0. The van der Waals surface area contributed by atoms with Gasteiger partial charge in [0.25, 0.3) is 0 Å². The van der Waals surface area contributed by atoms with Crippen molar-refractivity contribution in [1.29, 1.82) is 0 Å². The van der Waals surface area contributed by atoms with E-state index in [0.29, 0.717) is 5.92 Å². The summed E-state index contributed by atoms with van der Waals surface area (Å²) < 4.78 is 5.13. The fraction of sp³-hybridized carbons (Fsp3) is 0.389. The summed E-state index contributed by atoms with van der Waals surface area (Å²) in [5.41, 5.74) is 2.60. The largest absolute Gasteiger partial charge is 2.00 e. The van der Waals surface area contributed by atoms with E-state index >= 15 is 0 Å². The van der Waals surface area contributed by atoms with Crippen LogP contribution in [0.3, 0.4) is 0 Å². The third kappa shape index (κ3) is 9.26. The van der Waals surface area contributed by atoms with Gasteiger partial charge in [-0.15, -0.1) is 0 Å². The van der Waals surface area contributed by atoms with Crippen LogP contribution in [0.15, 0.2) is 53.2 Å². The van der Waals surface area contributed by atoms with E-state index in [0.717, 1.165) is 5.84 Å². The maximum absolute atomic E-state index is 5.13. The number of halogens is 2. The minimum atomic E-state index is -1.55. The standard InChI is InChI=1S/C18H28N2Si2.2BrH.Hf/c1-21(2,3)19-18(20-22(4,5)6)17-14-10-9-13-16(17)15-11-7-8-12-15;;;/h7-15H,1-6H3,(H,19,20);2*1H;/q;;;+2/p-2. The van der Waals surface area contributed by atoms with Crippen molar-refractivity contribution in [3.63, 3.8) is 0 Å². The van der Waals surface area contributed by atoms with Crippen LogP contribution in [-0.4, -0.2) is 22.3 Å². The molecule has 0 aromatic heterocycles. The number of allylic oxidation sites excluding steroid dienone is 4. The van der Waals surface area contributed by atoms with Crippen LogP contribution in [-0.2, 0) is 25.8 Å². The Morgan fingerprint density at radius 2 is 1.44 bits per heavy atom. The molecule has 0 unspecified atom stereocenters. The molecule has 1 aromatic carbocycles. The van der Waals surface area contributed by atoms with Gasteiger partial charge in [0.2, 0.25) is 0 Å². The van der Waals surface area contributed by atoms with Gasteiger partial charge in [-0.25, -0.2) is 0 Å². The first-order chi connectivity index (χ1) is 10.2. The number of rotatable bonds is 4. The van der Waals surface area contributed by atoms with Gasteiger partial charge in [-0.05, 0) is 25.2 Å². The Morgan fingerprint density at radius 3 is 1.92 bits per heavy atom. The molecule has 0 aliphatic heterocycles. The van der Waals surface area contributed by atoms with E-state index in [9.17, 15) is 0 Å². The summed E-state index contributed by atoms with van der Waals surface area (Å²) in [5.74, 6) is 1.47. The normalized spacial score (nSPS) is 14.4. The molecule has 0 saturated heterocycles. The van der Waals surface area contributed by atoms with Crippen LogP contribution >= 0.6 is 0 Å². The zero-order valence-electron chi connectivity index (χ0n) is 15.9. The molecule has 0 fully saturated rings. The summed E-state index contributed by atoms with van der Waals surface area (Å²) in [6.07, 6.45) is 8.75.